The highest BCUT2D eigenvalue weighted by Crippen LogP contribution is 2.35. The van der Waals surface area contributed by atoms with Gasteiger partial charge in [-0.15, -0.1) is 0 Å². The molecule has 1 aromatic carbocycles. The molecule has 0 atom stereocenters. The Bertz CT molecular complexity index is 656. The Kier molecular flexibility index (Phi) is 3.94. The number of rotatable bonds is 3. The smallest absolute Gasteiger partial charge is 0.161 e. The number of aromatic nitrogens is 2. The van der Waals surface area contributed by atoms with Gasteiger partial charge in [0.1, 0.15) is 11.6 Å². The van der Waals surface area contributed by atoms with Crippen LogP contribution < -0.4 is 11.3 Å². The van der Waals surface area contributed by atoms with Crippen molar-refractivity contribution < 1.29 is 5.11 Å². The summed E-state index contributed by atoms with van der Waals surface area (Å²) in [6.07, 6.45) is 4.77. The molecule has 0 amide bonds. The van der Waals surface area contributed by atoms with E-state index >= 15 is 0 Å². The maximum atomic E-state index is 9.51. The first kappa shape index (κ1) is 14.1. The Morgan fingerprint density at radius 2 is 1.95 bits per heavy atom. The summed E-state index contributed by atoms with van der Waals surface area (Å²) in [5.74, 6) is 7.18. The number of phenols is 1. The molecule has 3 rings (SSSR count). The van der Waals surface area contributed by atoms with Crippen LogP contribution in [0.2, 0.25) is 5.02 Å². The van der Waals surface area contributed by atoms with E-state index in [0.29, 0.717) is 17.6 Å². The molecule has 1 heterocycles. The Morgan fingerprint density at radius 3 is 2.62 bits per heavy atom. The van der Waals surface area contributed by atoms with Crippen LogP contribution in [0.4, 0.5) is 5.82 Å². The molecule has 0 aliphatic heterocycles. The Morgan fingerprint density at radius 1 is 1.19 bits per heavy atom. The molecule has 0 radical (unpaired) electrons. The number of anilines is 1. The maximum Gasteiger partial charge on any atom is 0.161 e. The van der Waals surface area contributed by atoms with E-state index in [0.717, 1.165) is 24.1 Å². The summed E-state index contributed by atoms with van der Waals surface area (Å²) < 4.78 is 0. The lowest BCUT2D eigenvalue weighted by Gasteiger charge is -2.12. The van der Waals surface area contributed by atoms with Gasteiger partial charge < -0.3 is 10.5 Å². The van der Waals surface area contributed by atoms with Crippen molar-refractivity contribution in [1.82, 2.24) is 9.97 Å². The molecule has 110 valence electrons. The van der Waals surface area contributed by atoms with Crippen molar-refractivity contribution in [3.63, 3.8) is 0 Å². The largest absolute Gasteiger partial charge is 0.506 e. The molecule has 0 unspecified atom stereocenters. The molecule has 1 aliphatic carbocycles. The number of nitrogens with zero attached hydrogens (tertiary/aromatic N) is 2. The third kappa shape index (κ3) is 2.94. The molecule has 0 saturated heterocycles. The highest BCUT2D eigenvalue weighted by molar-refractivity contribution is 6.32. The summed E-state index contributed by atoms with van der Waals surface area (Å²) in [4.78, 5) is 9.03. The van der Waals surface area contributed by atoms with Crippen molar-refractivity contribution in [1.29, 1.82) is 0 Å². The van der Waals surface area contributed by atoms with Crippen LogP contribution in [0.5, 0.6) is 5.75 Å². The van der Waals surface area contributed by atoms with Crippen LogP contribution in [0.1, 0.15) is 37.3 Å². The summed E-state index contributed by atoms with van der Waals surface area (Å²) >= 11 is 5.96. The van der Waals surface area contributed by atoms with Crippen LogP contribution in [-0.2, 0) is 0 Å². The van der Waals surface area contributed by atoms with E-state index in [-0.39, 0.29) is 10.8 Å². The van der Waals surface area contributed by atoms with Crippen molar-refractivity contribution in [3.05, 3.63) is 35.0 Å². The molecular formula is C15H17ClN4O. The third-order valence-electron chi connectivity index (χ3n) is 3.87. The molecular weight excluding hydrogens is 288 g/mol. The van der Waals surface area contributed by atoms with Gasteiger partial charge in [-0.05, 0) is 31.0 Å². The van der Waals surface area contributed by atoms with E-state index in [1.807, 2.05) is 6.07 Å². The van der Waals surface area contributed by atoms with Crippen LogP contribution in [0.3, 0.4) is 0 Å². The second-order valence-corrected chi connectivity index (χ2v) is 5.70. The second-order valence-electron chi connectivity index (χ2n) is 5.29. The van der Waals surface area contributed by atoms with E-state index in [2.05, 4.69) is 15.4 Å². The van der Waals surface area contributed by atoms with Gasteiger partial charge in [0.15, 0.2) is 5.82 Å². The van der Waals surface area contributed by atoms with Crippen LogP contribution >= 0.6 is 11.6 Å². The zero-order valence-corrected chi connectivity index (χ0v) is 12.3. The fraction of sp³-hybridized carbons (Fsp3) is 0.333. The zero-order chi connectivity index (χ0) is 14.8. The Labute approximate surface area is 128 Å². The van der Waals surface area contributed by atoms with E-state index in [9.17, 15) is 5.11 Å². The Hall–Kier alpha value is -1.85. The van der Waals surface area contributed by atoms with Gasteiger partial charge in [-0.25, -0.2) is 15.8 Å². The van der Waals surface area contributed by atoms with Crippen molar-refractivity contribution in [2.45, 2.75) is 31.6 Å². The minimum atomic E-state index is 0.0459. The number of nitrogens with two attached hydrogens (primary N) is 1. The van der Waals surface area contributed by atoms with E-state index in [4.69, 9.17) is 17.4 Å². The first-order valence-electron chi connectivity index (χ1n) is 7.02. The van der Waals surface area contributed by atoms with Gasteiger partial charge in [0.25, 0.3) is 0 Å². The maximum absolute atomic E-state index is 9.51. The monoisotopic (exact) mass is 304 g/mol. The first-order chi connectivity index (χ1) is 10.2. The van der Waals surface area contributed by atoms with Gasteiger partial charge in [0.2, 0.25) is 0 Å². The lowest BCUT2D eigenvalue weighted by Crippen LogP contribution is -2.11. The third-order valence-corrected chi connectivity index (χ3v) is 4.18. The number of hydrogen-bond acceptors (Lipinski definition) is 5. The molecule has 1 fully saturated rings. The van der Waals surface area contributed by atoms with Crippen molar-refractivity contribution >= 4 is 17.4 Å². The number of benzene rings is 1. The van der Waals surface area contributed by atoms with Gasteiger partial charge in [0, 0.05) is 23.2 Å². The van der Waals surface area contributed by atoms with E-state index in [1.165, 1.54) is 12.8 Å². The number of halogens is 1. The molecule has 6 heteroatoms. The normalized spacial score (nSPS) is 15.3. The molecule has 0 spiro atoms. The van der Waals surface area contributed by atoms with Gasteiger partial charge in [-0.3, -0.25) is 0 Å². The fourth-order valence-corrected chi connectivity index (χ4v) is 2.93. The second kappa shape index (κ2) is 5.87. The van der Waals surface area contributed by atoms with E-state index < -0.39 is 0 Å². The molecule has 21 heavy (non-hydrogen) atoms. The van der Waals surface area contributed by atoms with Crippen molar-refractivity contribution in [2.75, 3.05) is 5.43 Å². The van der Waals surface area contributed by atoms with Crippen molar-refractivity contribution in [2.24, 2.45) is 5.84 Å². The molecule has 1 saturated carbocycles. The van der Waals surface area contributed by atoms with Crippen LogP contribution in [0, 0.1) is 0 Å². The average molecular weight is 305 g/mol. The predicted octanol–water partition coefficient (Wildman–Crippen LogP) is 3.45. The molecule has 1 aliphatic rings. The number of aromatic hydroxyl groups is 1. The summed E-state index contributed by atoms with van der Waals surface area (Å²) in [6, 6.07) is 6.85. The summed E-state index contributed by atoms with van der Waals surface area (Å²) in [5.41, 5.74) is 4.36. The fourth-order valence-electron chi connectivity index (χ4n) is 2.75. The van der Waals surface area contributed by atoms with Crippen LogP contribution in [0.25, 0.3) is 11.4 Å². The standard InChI is InChI=1S/C15H17ClN4O/c16-11-7-10(5-6-13(11)21)15-18-12(8-14(19-15)20-17)9-3-1-2-4-9/h5-9,21H,1-4,17H2,(H,18,19,20). The molecule has 5 nitrogen and oxygen atoms in total. The van der Waals surface area contributed by atoms with Gasteiger partial charge >= 0.3 is 0 Å². The minimum absolute atomic E-state index is 0.0459. The summed E-state index contributed by atoms with van der Waals surface area (Å²) in [7, 11) is 0. The number of hydrazine groups is 1. The average Bonchev–Trinajstić information content (AvgIpc) is 3.04. The first-order valence-corrected chi connectivity index (χ1v) is 7.39. The summed E-state index contributed by atoms with van der Waals surface area (Å²) in [5, 5.41) is 9.80. The SMILES string of the molecule is NNc1cc(C2CCCC2)nc(-c2ccc(O)c(Cl)c2)n1. The summed E-state index contributed by atoms with van der Waals surface area (Å²) in [6.45, 7) is 0. The Balaban J connectivity index is 2.04. The topological polar surface area (TPSA) is 84.1 Å². The minimum Gasteiger partial charge on any atom is -0.506 e. The zero-order valence-electron chi connectivity index (χ0n) is 11.5. The number of hydrogen-bond donors (Lipinski definition) is 3. The molecule has 1 aromatic heterocycles. The van der Waals surface area contributed by atoms with Crippen LogP contribution in [0.15, 0.2) is 24.3 Å². The predicted molar refractivity (Wildman–Crippen MR) is 83.2 cm³/mol. The molecule has 2 aromatic rings. The van der Waals surface area contributed by atoms with Crippen molar-refractivity contribution in [3.8, 4) is 17.1 Å². The van der Waals surface area contributed by atoms with E-state index in [1.54, 1.807) is 18.2 Å². The van der Waals surface area contributed by atoms with Gasteiger partial charge in [-0.2, -0.15) is 0 Å². The number of nitrogen functional groups attached to an aromatic ring is 1. The number of phenolic OH excluding ortho intramolecular Hbond substituents is 1. The molecule has 0 bridgehead atoms. The lowest BCUT2D eigenvalue weighted by molar-refractivity contribution is 0.475. The highest BCUT2D eigenvalue weighted by atomic mass is 35.5. The quantitative estimate of drug-likeness (QED) is 0.597. The van der Waals surface area contributed by atoms with Gasteiger partial charge in [0.05, 0.1) is 5.02 Å². The molecule has 4 N–H and O–H groups in total. The highest BCUT2D eigenvalue weighted by Gasteiger charge is 2.20. The number of nitrogens with one attached hydrogen (secondary N) is 1. The van der Waals surface area contributed by atoms with Crippen LogP contribution in [-0.4, -0.2) is 15.1 Å². The lowest BCUT2D eigenvalue weighted by atomic mass is 10.0. The van der Waals surface area contributed by atoms with Gasteiger partial charge in [-0.1, -0.05) is 24.4 Å².